The summed E-state index contributed by atoms with van der Waals surface area (Å²) in [6, 6.07) is 3.41. The molecule has 2 aromatic heterocycles. The standard InChI is InChI=1S/C22H26BrN7O3S/c1-12(24)21(31)29-4-2-13(3-5-29)10-30-20-18(19(25)26-11-27-20)28-22(30)34-17-9-16-15(8-14(17)23)32-6-7-33-16/h8-9,11-13H,2-7,10,24H2,1H3,(H2,25,26,27)/t12-/m0/s1. The topological polar surface area (TPSA) is 134 Å². The van der Waals surface area contributed by atoms with Crippen molar-refractivity contribution in [2.75, 3.05) is 32.0 Å². The van der Waals surface area contributed by atoms with Gasteiger partial charge in [-0.3, -0.25) is 4.79 Å². The molecule has 0 radical (unpaired) electrons. The van der Waals surface area contributed by atoms with Gasteiger partial charge in [0, 0.05) is 29.0 Å². The van der Waals surface area contributed by atoms with Gasteiger partial charge in [-0.15, -0.1) is 0 Å². The quantitative estimate of drug-likeness (QED) is 0.494. The molecule has 2 aliphatic heterocycles. The SMILES string of the molecule is C[C@H](N)C(=O)N1CCC(Cn2c(Sc3cc4c(cc3Br)OCCO4)nc3c(N)ncnc32)CC1. The number of carbonyl (C=O) groups excluding carboxylic acids is 1. The summed E-state index contributed by atoms with van der Waals surface area (Å²) in [7, 11) is 0. The summed E-state index contributed by atoms with van der Waals surface area (Å²) >= 11 is 5.16. The smallest absolute Gasteiger partial charge is 0.239 e. The van der Waals surface area contributed by atoms with Crippen LogP contribution in [0, 0.1) is 5.92 Å². The van der Waals surface area contributed by atoms with Crippen LogP contribution in [0.1, 0.15) is 19.8 Å². The number of piperidine rings is 1. The Labute approximate surface area is 209 Å². The van der Waals surface area contributed by atoms with Crippen LogP contribution in [0.15, 0.2) is 33.0 Å². The average Bonchev–Trinajstić information content (AvgIpc) is 3.18. The second-order valence-corrected chi connectivity index (χ2v) is 10.4. The highest BCUT2D eigenvalue weighted by molar-refractivity contribution is 9.10. The summed E-state index contributed by atoms with van der Waals surface area (Å²) in [5.41, 5.74) is 13.2. The number of likely N-dealkylation sites (tertiary alicyclic amines) is 1. The lowest BCUT2D eigenvalue weighted by Gasteiger charge is -2.33. The van der Waals surface area contributed by atoms with Crippen LogP contribution < -0.4 is 20.9 Å². The van der Waals surface area contributed by atoms with Gasteiger partial charge in [0.05, 0.1) is 6.04 Å². The molecule has 34 heavy (non-hydrogen) atoms. The Morgan fingerprint density at radius 3 is 2.65 bits per heavy atom. The molecule has 4 N–H and O–H groups in total. The number of carbonyl (C=O) groups is 1. The number of nitrogens with two attached hydrogens (primary N) is 2. The van der Waals surface area contributed by atoms with E-state index in [9.17, 15) is 4.79 Å². The molecular weight excluding hydrogens is 522 g/mol. The lowest BCUT2D eigenvalue weighted by Crippen LogP contribution is -2.46. The summed E-state index contributed by atoms with van der Waals surface area (Å²) in [6.07, 6.45) is 3.24. The van der Waals surface area contributed by atoms with Crippen molar-refractivity contribution in [3.63, 3.8) is 0 Å². The number of hydrogen-bond acceptors (Lipinski definition) is 9. The zero-order valence-electron chi connectivity index (χ0n) is 18.7. The van der Waals surface area contributed by atoms with Gasteiger partial charge in [-0.2, -0.15) is 0 Å². The number of anilines is 1. The van der Waals surface area contributed by atoms with Crippen LogP contribution in [0.5, 0.6) is 11.5 Å². The lowest BCUT2D eigenvalue weighted by atomic mass is 9.96. The monoisotopic (exact) mass is 547 g/mol. The highest BCUT2D eigenvalue weighted by Crippen LogP contribution is 2.42. The number of halogens is 1. The zero-order valence-corrected chi connectivity index (χ0v) is 21.1. The highest BCUT2D eigenvalue weighted by atomic mass is 79.9. The van der Waals surface area contributed by atoms with Gasteiger partial charge in [0.15, 0.2) is 33.6 Å². The Morgan fingerprint density at radius 2 is 1.94 bits per heavy atom. The molecule has 0 aliphatic carbocycles. The first-order chi connectivity index (χ1) is 16.4. The van der Waals surface area contributed by atoms with Gasteiger partial charge >= 0.3 is 0 Å². The second kappa shape index (κ2) is 9.59. The van der Waals surface area contributed by atoms with Crippen LogP contribution in [0.3, 0.4) is 0 Å². The Balaban J connectivity index is 1.42. The molecular formula is C22H26BrN7O3S. The van der Waals surface area contributed by atoms with Crippen LogP contribution in [-0.4, -0.2) is 62.7 Å². The summed E-state index contributed by atoms with van der Waals surface area (Å²) in [4.78, 5) is 28.5. The molecule has 3 aromatic rings. The maximum absolute atomic E-state index is 12.3. The molecule has 1 amide bonds. The fraction of sp³-hybridized carbons (Fsp3) is 0.455. The Kier molecular flexibility index (Phi) is 6.54. The van der Waals surface area contributed by atoms with Gasteiger partial charge < -0.3 is 30.4 Å². The van der Waals surface area contributed by atoms with Crippen LogP contribution in [0.4, 0.5) is 5.82 Å². The van der Waals surface area contributed by atoms with Crippen LogP contribution in [0.25, 0.3) is 11.2 Å². The third-order valence-electron chi connectivity index (χ3n) is 6.08. The van der Waals surface area contributed by atoms with Gasteiger partial charge in [0.25, 0.3) is 0 Å². The number of ether oxygens (including phenoxy) is 2. The van der Waals surface area contributed by atoms with E-state index in [4.69, 9.17) is 25.9 Å². The van der Waals surface area contributed by atoms with Gasteiger partial charge in [0.1, 0.15) is 19.5 Å². The highest BCUT2D eigenvalue weighted by Gasteiger charge is 2.27. The van der Waals surface area contributed by atoms with Crippen molar-refractivity contribution in [1.82, 2.24) is 24.4 Å². The molecule has 1 atom stereocenters. The first-order valence-corrected chi connectivity index (χ1v) is 12.8. The van der Waals surface area contributed by atoms with Crippen molar-refractivity contribution < 1.29 is 14.3 Å². The van der Waals surface area contributed by atoms with Crippen molar-refractivity contribution in [3.05, 3.63) is 22.9 Å². The van der Waals surface area contributed by atoms with Gasteiger partial charge in [-0.1, -0.05) is 11.8 Å². The van der Waals surface area contributed by atoms with Crippen LogP contribution in [0.2, 0.25) is 0 Å². The number of nitrogen functional groups attached to an aromatic ring is 1. The first kappa shape index (κ1) is 23.2. The van der Waals surface area contributed by atoms with Gasteiger partial charge in [0.2, 0.25) is 5.91 Å². The first-order valence-electron chi connectivity index (χ1n) is 11.2. The molecule has 0 unspecified atom stereocenters. The predicted octanol–water partition coefficient (Wildman–Crippen LogP) is 2.68. The van der Waals surface area contributed by atoms with Gasteiger partial charge in [-0.25, -0.2) is 15.0 Å². The van der Waals surface area contributed by atoms with Crippen molar-refractivity contribution in [3.8, 4) is 11.5 Å². The molecule has 1 fully saturated rings. The van der Waals surface area contributed by atoms with Crippen LogP contribution in [-0.2, 0) is 11.3 Å². The summed E-state index contributed by atoms with van der Waals surface area (Å²) in [6.45, 7) is 4.91. The van der Waals surface area contributed by atoms with Crippen LogP contribution >= 0.6 is 27.7 Å². The number of fused-ring (bicyclic) bond motifs is 2. The Morgan fingerprint density at radius 1 is 1.24 bits per heavy atom. The minimum atomic E-state index is -0.471. The number of benzene rings is 1. The van der Waals surface area contributed by atoms with E-state index >= 15 is 0 Å². The molecule has 180 valence electrons. The van der Waals surface area contributed by atoms with E-state index in [0.29, 0.717) is 55.0 Å². The maximum Gasteiger partial charge on any atom is 0.239 e. The third kappa shape index (κ3) is 4.53. The Hall–Kier alpha value is -2.57. The van der Waals surface area contributed by atoms with Gasteiger partial charge in [-0.05, 0) is 53.7 Å². The molecule has 1 saturated heterocycles. The number of nitrogens with zero attached hydrogens (tertiary/aromatic N) is 5. The molecule has 1 aromatic carbocycles. The lowest BCUT2D eigenvalue weighted by molar-refractivity contribution is -0.133. The van der Waals surface area contributed by atoms with E-state index in [0.717, 1.165) is 39.7 Å². The minimum absolute atomic E-state index is 0.00625. The molecule has 2 aliphatic rings. The van der Waals surface area contributed by atoms with E-state index in [2.05, 4.69) is 30.5 Å². The summed E-state index contributed by atoms with van der Waals surface area (Å²) < 4.78 is 14.4. The fourth-order valence-electron chi connectivity index (χ4n) is 4.28. The minimum Gasteiger partial charge on any atom is -0.486 e. The van der Waals surface area contributed by atoms with Crippen molar-refractivity contribution in [2.24, 2.45) is 11.7 Å². The largest absolute Gasteiger partial charge is 0.486 e. The maximum atomic E-state index is 12.3. The fourth-order valence-corrected chi connectivity index (χ4v) is 5.77. The second-order valence-electron chi connectivity index (χ2n) is 8.52. The molecule has 5 rings (SSSR count). The number of imidazole rings is 1. The molecule has 4 heterocycles. The molecule has 10 nitrogen and oxygen atoms in total. The zero-order chi connectivity index (χ0) is 23.8. The van der Waals surface area contributed by atoms with E-state index < -0.39 is 6.04 Å². The number of hydrogen-bond donors (Lipinski definition) is 2. The molecule has 12 heteroatoms. The average molecular weight is 548 g/mol. The summed E-state index contributed by atoms with van der Waals surface area (Å²) in [5.74, 6) is 2.16. The van der Waals surface area contributed by atoms with Crippen molar-refractivity contribution in [2.45, 2.75) is 42.4 Å². The van der Waals surface area contributed by atoms with E-state index in [1.807, 2.05) is 17.0 Å². The van der Waals surface area contributed by atoms with Crippen molar-refractivity contribution in [1.29, 1.82) is 0 Å². The summed E-state index contributed by atoms with van der Waals surface area (Å²) in [5, 5.41) is 0.772. The number of rotatable bonds is 5. The van der Waals surface area contributed by atoms with E-state index in [1.54, 1.807) is 6.92 Å². The molecule has 0 bridgehead atoms. The normalized spacial score (nSPS) is 17.2. The Bertz CT molecular complexity index is 1230. The van der Waals surface area contributed by atoms with E-state index in [-0.39, 0.29) is 5.91 Å². The predicted molar refractivity (Wildman–Crippen MR) is 132 cm³/mol. The molecule has 0 saturated carbocycles. The van der Waals surface area contributed by atoms with Crippen molar-refractivity contribution >= 4 is 50.6 Å². The number of aromatic nitrogens is 4. The number of amides is 1. The van der Waals surface area contributed by atoms with E-state index in [1.165, 1.54) is 18.1 Å². The molecule has 0 spiro atoms. The third-order valence-corrected chi connectivity index (χ3v) is 8.05.